The van der Waals surface area contributed by atoms with Gasteiger partial charge in [0.05, 0.1) is 6.10 Å². The maximum Gasteiger partial charge on any atom is 0.270 e. The van der Waals surface area contributed by atoms with Gasteiger partial charge < -0.3 is 15.7 Å². The second-order valence-corrected chi connectivity index (χ2v) is 5.21. The SMILES string of the molecule is CNc1nc(C(=O)NCC(O)c2ccsc2)cs1. The first-order valence-electron chi connectivity index (χ1n) is 5.32. The Morgan fingerprint density at radius 1 is 1.56 bits per heavy atom. The first kappa shape index (κ1) is 13.0. The quantitative estimate of drug-likeness (QED) is 0.781. The monoisotopic (exact) mass is 283 g/mol. The predicted molar refractivity (Wildman–Crippen MR) is 73.3 cm³/mol. The number of hydrogen-bond acceptors (Lipinski definition) is 6. The maximum atomic E-state index is 11.7. The van der Waals surface area contributed by atoms with Crippen LogP contribution in [-0.4, -0.2) is 29.6 Å². The standard InChI is InChI=1S/C11H13N3O2S2/c1-12-11-14-8(6-18-11)10(16)13-4-9(15)7-2-3-17-5-7/h2-3,5-6,9,15H,4H2,1H3,(H,12,14)(H,13,16). The fraction of sp³-hybridized carbons (Fsp3) is 0.273. The Morgan fingerprint density at radius 2 is 2.39 bits per heavy atom. The zero-order chi connectivity index (χ0) is 13.0. The summed E-state index contributed by atoms with van der Waals surface area (Å²) in [6, 6.07) is 1.84. The van der Waals surface area contributed by atoms with E-state index in [1.54, 1.807) is 12.4 Å². The van der Waals surface area contributed by atoms with Crippen LogP contribution >= 0.6 is 22.7 Å². The molecule has 3 N–H and O–H groups in total. The number of aliphatic hydroxyl groups is 1. The van der Waals surface area contributed by atoms with Crippen molar-refractivity contribution in [2.24, 2.45) is 0 Å². The minimum Gasteiger partial charge on any atom is -0.387 e. The summed E-state index contributed by atoms with van der Waals surface area (Å²) in [5, 5.41) is 21.5. The minimum absolute atomic E-state index is 0.183. The molecule has 1 unspecified atom stereocenters. The highest BCUT2D eigenvalue weighted by Crippen LogP contribution is 2.16. The minimum atomic E-state index is -0.678. The topological polar surface area (TPSA) is 74.2 Å². The van der Waals surface area contributed by atoms with Gasteiger partial charge in [-0.1, -0.05) is 0 Å². The van der Waals surface area contributed by atoms with Gasteiger partial charge in [-0.2, -0.15) is 11.3 Å². The summed E-state index contributed by atoms with van der Waals surface area (Å²) in [5.74, 6) is -0.276. The van der Waals surface area contributed by atoms with Gasteiger partial charge in [-0.05, 0) is 22.4 Å². The van der Waals surface area contributed by atoms with Crippen molar-refractivity contribution < 1.29 is 9.90 Å². The van der Waals surface area contributed by atoms with E-state index < -0.39 is 6.10 Å². The van der Waals surface area contributed by atoms with E-state index in [9.17, 15) is 9.90 Å². The van der Waals surface area contributed by atoms with Gasteiger partial charge in [0.2, 0.25) is 0 Å². The molecule has 2 rings (SSSR count). The van der Waals surface area contributed by atoms with Crippen LogP contribution in [0.4, 0.5) is 5.13 Å². The third kappa shape index (κ3) is 3.06. The van der Waals surface area contributed by atoms with E-state index >= 15 is 0 Å². The number of amides is 1. The molecule has 2 aromatic rings. The van der Waals surface area contributed by atoms with E-state index in [0.29, 0.717) is 10.8 Å². The van der Waals surface area contributed by atoms with Gasteiger partial charge in [0.15, 0.2) is 5.13 Å². The molecular formula is C11H13N3O2S2. The molecule has 96 valence electrons. The molecule has 0 spiro atoms. The van der Waals surface area contributed by atoms with Crippen LogP contribution in [0.3, 0.4) is 0 Å². The van der Waals surface area contributed by atoms with E-state index in [4.69, 9.17) is 0 Å². The normalized spacial score (nSPS) is 12.1. The number of thiazole rings is 1. The molecule has 0 bridgehead atoms. The van der Waals surface area contributed by atoms with Crippen LogP contribution < -0.4 is 10.6 Å². The van der Waals surface area contributed by atoms with Gasteiger partial charge in [-0.3, -0.25) is 4.79 Å². The van der Waals surface area contributed by atoms with Crippen LogP contribution in [0, 0.1) is 0 Å². The maximum absolute atomic E-state index is 11.7. The summed E-state index contributed by atoms with van der Waals surface area (Å²) >= 11 is 2.88. The van der Waals surface area contributed by atoms with Crippen molar-refractivity contribution in [2.75, 3.05) is 18.9 Å². The Kier molecular flexibility index (Phi) is 4.29. The highest BCUT2D eigenvalue weighted by Gasteiger charge is 2.13. The lowest BCUT2D eigenvalue weighted by Gasteiger charge is -2.09. The Hall–Kier alpha value is -1.44. The Bertz CT molecular complexity index is 510. The van der Waals surface area contributed by atoms with Gasteiger partial charge in [-0.15, -0.1) is 11.3 Å². The van der Waals surface area contributed by atoms with Crippen LogP contribution in [0.15, 0.2) is 22.2 Å². The van der Waals surface area contributed by atoms with Gasteiger partial charge in [-0.25, -0.2) is 4.98 Å². The van der Waals surface area contributed by atoms with Crippen LogP contribution in [0.5, 0.6) is 0 Å². The highest BCUT2D eigenvalue weighted by atomic mass is 32.1. The first-order chi connectivity index (χ1) is 8.70. The highest BCUT2D eigenvalue weighted by molar-refractivity contribution is 7.13. The first-order valence-corrected chi connectivity index (χ1v) is 7.14. The van der Waals surface area contributed by atoms with Gasteiger partial charge >= 0.3 is 0 Å². The fourth-order valence-electron chi connectivity index (χ4n) is 1.36. The number of aliphatic hydroxyl groups excluding tert-OH is 1. The second-order valence-electron chi connectivity index (χ2n) is 3.57. The lowest BCUT2D eigenvalue weighted by Crippen LogP contribution is -2.28. The van der Waals surface area contributed by atoms with Gasteiger partial charge in [0.25, 0.3) is 5.91 Å². The second kappa shape index (κ2) is 5.94. The number of nitrogens with one attached hydrogen (secondary N) is 2. The van der Waals surface area contributed by atoms with Crippen molar-refractivity contribution in [2.45, 2.75) is 6.10 Å². The average molecular weight is 283 g/mol. The molecule has 0 aliphatic carbocycles. The largest absolute Gasteiger partial charge is 0.387 e. The fourth-order valence-corrected chi connectivity index (χ4v) is 2.71. The third-order valence-corrected chi connectivity index (χ3v) is 3.90. The van der Waals surface area contributed by atoms with E-state index in [1.165, 1.54) is 22.7 Å². The third-order valence-electron chi connectivity index (χ3n) is 2.33. The van der Waals surface area contributed by atoms with Crippen molar-refractivity contribution in [1.29, 1.82) is 0 Å². The van der Waals surface area contributed by atoms with E-state index in [-0.39, 0.29) is 12.5 Å². The van der Waals surface area contributed by atoms with Crippen molar-refractivity contribution in [1.82, 2.24) is 10.3 Å². The molecular weight excluding hydrogens is 270 g/mol. The summed E-state index contributed by atoms with van der Waals surface area (Å²) in [5.41, 5.74) is 1.18. The number of anilines is 1. The number of rotatable bonds is 5. The predicted octanol–water partition coefficient (Wildman–Crippen LogP) is 1.71. The number of hydrogen-bond donors (Lipinski definition) is 3. The van der Waals surface area contributed by atoms with Gasteiger partial charge in [0, 0.05) is 19.0 Å². The van der Waals surface area contributed by atoms with Crippen molar-refractivity contribution >= 4 is 33.7 Å². The molecule has 0 saturated carbocycles. The number of carbonyl (C=O) groups excluding carboxylic acids is 1. The molecule has 7 heteroatoms. The van der Waals surface area contributed by atoms with E-state index in [0.717, 1.165) is 5.56 Å². The Morgan fingerprint density at radius 3 is 3.00 bits per heavy atom. The summed E-state index contributed by atoms with van der Waals surface area (Å²) in [6.07, 6.45) is -0.678. The average Bonchev–Trinajstić information content (AvgIpc) is 3.05. The van der Waals surface area contributed by atoms with Crippen molar-refractivity contribution in [3.8, 4) is 0 Å². The number of thiophene rings is 1. The molecule has 18 heavy (non-hydrogen) atoms. The number of aromatic nitrogens is 1. The molecule has 2 aromatic heterocycles. The van der Waals surface area contributed by atoms with Crippen LogP contribution in [-0.2, 0) is 0 Å². The molecule has 0 fully saturated rings. The number of nitrogens with zero attached hydrogens (tertiary/aromatic N) is 1. The summed E-state index contributed by atoms with van der Waals surface area (Å²) in [4.78, 5) is 15.8. The van der Waals surface area contributed by atoms with Crippen LogP contribution in [0.2, 0.25) is 0 Å². The van der Waals surface area contributed by atoms with E-state index in [1.807, 2.05) is 16.8 Å². The zero-order valence-corrected chi connectivity index (χ0v) is 11.3. The molecule has 0 aromatic carbocycles. The molecule has 0 aliphatic rings. The number of carbonyl (C=O) groups is 1. The Labute approximate surface area is 113 Å². The van der Waals surface area contributed by atoms with Crippen LogP contribution in [0.25, 0.3) is 0 Å². The molecule has 1 atom stereocenters. The summed E-state index contributed by atoms with van der Waals surface area (Å²) < 4.78 is 0. The molecule has 0 aliphatic heterocycles. The molecule has 0 radical (unpaired) electrons. The van der Waals surface area contributed by atoms with Crippen molar-refractivity contribution in [3.63, 3.8) is 0 Å². The smallest absolute Gasteiger partial charge is 0.270 e. The van der Waals surface area contributed by atoms with Gasteiger partial charge in [0.1, 0.15) is 5.69 Å². The van der Waals surface area contributed by atoms with Crippen molar-refractivity contribution in [3.05, 3.63) is 33.5 Å². The lowest BCUT2D eigenvalue weighted by molar-refractivity contribution is 0.0912. The summed E-state index contributed by atoms with van der Waals surface area (Å²) in [6.45, 7) is 0.183. The lowest BCUT2D eigenvalue weighted by atomic mass is 10.2. The zero-order valence-electron chi connectivity index (χ0n) is 9.71. The van der Waals surface area contributed by atoms with E-state index in [2.05, 4.69) is 15.6 Å². The molecule has 1 amide bonds. The van der Waals surface area contributed by atoms with Crippen LogP contribution in [0.1, 0.15) is 22.2 Å². The summed E-state index contributed by atoms with van der Waals surface area (Å²) in [7, 11) is 1.75. The molecule has 2 heterocycles. The molecule has 0 saturated heterocycles. The Balaban J connectivity index is 1.88. The molecule has 5 nitrogen and oxygen atoms in total.